The summed E-state index contributed by atoms with van der Waals surface area (Å²) in [5, 5.41) is 3.42. The minimum Gasteiger partial charge on any atom is -0.496 e. The summed E-state index contributed by atoms with van der Waals surface area (Å²) in [4.78, 5) is 19.4. The van der Waals surface area contributed by atoms with Gasteiger partial charge in [-0.15, -0.1) is 24.0 Å². The third kappa shape index (κ3) is 5.77. The first-order valence-electron chi connectivity index (χ1n) is 10.5. The van der Waals surface area contributed by atoms with Gasteiger partial charge < -0.3 is 19.7 Å². The number of guanidine groups is 1. The van der Waals surface area contributed by atoms with E-state index in [1.165, 1.54) is 5.56 Å². The SMILES string of the molecule is CCNC(=NCC1(c2ccccc2OC)CC1)N1CCCC(C(=O)OCC)C1.I. The quantitative estimate of drug-likeness (QED) is 0.260. The van der Waals surface area contributed by atoms with Crippen molar-refractivity contribution in [1.29, 1.82) is 0 Å². The first kappa shape index (κ1) is 23.8. The number of piperidine rings is 1. The monoisotopic (exact) mass is 515 g/mol. The summed E-state index contributed by atoms with van der Waals surface area (Å²) in [5.41, 5.74) is 1.32. The van der Waals surface area contributed by atoms with Crippen molar-refractivity contribution in [2.45, 2.75) is 44.9 Å². The molecule has 2 fully saturated rings. The van der Waals surface area contributed by atoms with E-state index in [-0.39, 0.29) is 41.3 Å². The smallest absolute Gasteiger partial charge is 0.310 e. The number of carbonyl (C=O) groups excluding carboxylic acids is 1. The van der Waals surface area contributed by atoms with Gasteiger partial charge in [-0.3, -0.25) is 9.79 Å². The Morgan fingerprint density at radius 2 is 2.07 bits per heavy atom. The Bertz CT molecular complexity index is 706. The number of likely N-dealkylation sites (tertiary alicyclic amines) is 1. The van der Waals surface area contributed by atoms with Crippen LogP contribution in [0.4, 0.5) is 0 Å². The second-order valence-electron chi connectivity index (χ2n) is 7.69. The summed E-state index contributed by atoms with van der Waals surface area (Å²) in [7, 11) is 1.73. The average Bonchev–Trinajstić information content (AvgIpc) is 3.52. The van der Waals surface area contributed by atoms with E-state index < -0.39 is 0 Å². The molecular weight excluding hydrogens is 481 g/mol. The van der Waals surface area contributed by atoms with Crippen LogP contribution in [0.25, 0.3) is 0 Å². The molecule has 1 N–H and O–H groups in total. The van der Waals surface area contributed by atoms with Crippen LogP contribution in [0.2, 0.25) is 0 Å². The molecule has 1 aromatic carbocycles. The number of nitrogens with one attached hydrogen (secondary N) is 1. The van der Waals surface area contributed by atoms with Crippen molar-refractivity contribution in [2.75, 3.05) is 39.9 Å². The van der Waals surface area contributed by atoms with Crippen LogP contribution in [0.1, 0.15) is 45.1 Å². The van der Waals surface area contributed by atoms with Gasteiger partial charge in [0.15, 0.2) is 5.96 Å². The maximum atomic E-state index is 12.2. The van der Waals surface area contributed by atoms with Gasteiger partial charge in [0.2, 0.25) is 0 Å². The normalized spacial score (nSPS) is 20.4. The van der Waals surface area contributed by atoms with Gasteiger partial charge in [0, 0.05) is 30.6 Å². The highest BCUT2D eigenvalue weighted by molar-refractivity contribution is 14.0. The van der Waals surface area contributed by atoms with E-state index in [0.717, 1.165) is 57.0 Å². The van der Waals surface area contributed by atoms with Crippen LogP contribution in [0.3, 0.4) is 0 Å². The van der Waals surface area contributed by atoms with E-state index in [0.29, 0.717) is 13.2 Å². The first-order chi connectivity index (χ1) is 13.6. The fraction of sp³-hybridized carbons (Fsp3) is 0.636. The predicted molar refractivity (Wildman–Crippen MR) is 126 cm³/mol. The topological polar surface area (TPSA) is 63.2 Å². The van der Waals surface area contributed by atoms with Crippen molar-refractivity contribution < 1.29 is 14.3 Å². The molecule has 1 unspecified atom stereocenters. The van der Waals surface area contributed by atoms with Crippen LogP contribution in [-0.2, 0) is 14.9 Å². The molecule has 1 aromatic rings. The Kier molecular flexibility index (Phi) is 9.04. The van der Waals surface area contributed by atoms with Crippen LogP contribution in [-0.4, -0.2) is 56.7 Å². The molecule has 2 aliphatic rings. The van der Waals surface area contributed by atoms with Gasteiger partial charge in [0.25, 0.3) is 0 Å². The molecule has 7 heteroatoms. The fourth-order valence-electron chi connectivity index (χ4n) is 4.02. The number of hydrogen-bond acceptors (Lipinski definition) is 4. The lowest BCUT2D eigenvalue weighted by Crippen LogP contribution is -2.48. The molecule has 0 aromatic heterocycles. The number of benzene rings is 1. The average molecular weight is 515 g/mol. The summed E-state index contributed by atoms with van der Waals surface area (Å²) < 4.78 is 10.8. The van der Waals surface area contributed by atoms with Crippen molar-refractivity contribution in [3.8, 4) is 5.75 Å². The minimum absolute atomic E-state index is 0. The Morgan fingerprint density at radius 1 is 1.31 bits per heavy atom. The number of para-hydroxylation sites is 1. The highest BCUT2D eigenvalue weighted by atomic mass is 127. The molecular formula is C22H34IN3O3. The maximum Gasteiger partial charge on any atom is 0.310 e. The molecule has 3 rings (SSSR count). The van der Waals surface area contributed by atoms with Crippen LogP contribution in [0.5, 0.6) is 5.75 Å². The maximum absolute atomic E-state index is 12.2. The number of nitrogens with zero attached hydrogens (tertiary/aromatic N) is 2. The Balaban J connectivity index is 0.00000300. The third-order valence-electron chi connectivity index (χ3n) is 5.74. The van der Waals surface area contributed by atoms with Crippen molar-refractivity contribution in [1.82, 2.24) is 10.2 Å². The largest absolute Gasteiger partial charge is 0.496 e. The number of halogens is 1. The van der Waals surface area contributed by atoms with Gasteiger partial charge in [0.05, 0.1) is 26.2 Å². The standard InChI is InChI=1S/C22H33N3O3.HI/c1-4-23-21(25-14-8-9-17(15-25)20(26)28-5-2)24-16-22(12-13-22)18-10-6-7-11-19(18)27-3;/h6-7,10-11,17H,4-5,8-9,12-16H2,1-3H3,(H,23,24);1H. The van der Waals surface area contributed by atoms with Crippen LogP contribution < -0.4 is 10.1 Å². The van der Waals surface area contributed by atoms with E-state index in [4.69, 9.17) is 14.5 Å². The second kappa shape index (κ2) is 11.0. The number of hydrogen-bond donors (Lipinski definition) is 1. The molecule has 0 bridgehead atoms. The van der Waals surface area contributed by atoms with Crippen LogP contribution in [0.15, 0.2) is 29.3 Å². The number of rotatable bonds is 7. The van der Waals surface area contributed by atoms with Crippen LogP contribution in [0, 0.1) is 5.92 Å². The number of aliphatic imine (C=N–C) groups is 1. The van der Waals surface area contributed by atoms with E-state index in [1.807, 2.05) is 19.1 Å². The third-order valence-corrected chi connectivity index (χ3v) is 5.74. The summed E-state index contributed by atoms with van der Waals surface area (Å²) >= 11 is 0. The second-order valence-corrected chi connectivity index (χ2v) is 7.69. The van der Waals surface area contributed by atoms with E-state index in [1.54, 1.807) is 7.11 Å². The fourth-order valence-corrected chi connectivity index (χ4v) is 4.02. The van der Waals surface area contributed by atoms with Crippen molar-refractivity contribution in [3.63, 3.8) is 0 Å². The predicted octanol–water partition coefficient (Wildman–Crippen LogP) is 3.59. The molecule has 6 nitrogen and oxygen atoms in total. The molecule has 1 heterocycles. The summed E-state index contributed by atoms with van der Waals surface area (Å²) in [6.45, 7) is 7.50. The number of ether oxygens (including phenoxy) is 2. The van der Waals surface area contributed by atoms with Gasteiger partial charge in [-0.1, -0.05) is 18.2 Å². The number of methoxy groups -OCH3 is 1. The molecule has 0 amide bonds. The lowest BCUT2D eigenvalue weighted by Gasteiger charge is -2.34. The number of carbonyl (C=O) groups is 1. The zero-order valence-electron chi connectivity index (χ0n) is 17.8. The van der Waals surface area contributed by atoms with E-state index in [2.05, 4.69) is 29.3 Å². The van der Waals surface area contributed by atoms with E-state index in [9.17, 15) is 4.79 Å². The zero-order valence-corrected chi connectivity index (χ0v) is 20.1. The molecule has 1 saturated carbocycles. The molecule has 1 saturated heterocycles. The highest BCUT2D eigenvalue weighted by Crippen LogP contribution is 2.51. The summed E-state index contributed by atoms with van der Waals surface area (Å²) in [5.74, 6) is 1.69. The molecule has 29 heavy (non-hydrogen) atoms. The minimum atomic E-state index is -0.0873. The van der Waals surface area contributed by atoms with Crippen molar-refractivity contribution >= 4 is 35.9 Å². The Hall–Kier alpha value is -1.51. The lowest BCUT2D eigenvalue weighted by molar-refractivity contribution is -0.149. The van der Waals surface area contributed by atoms with Gasteiger partial charge in [-0.25, -0.2) is 0 Å². The molecule has 0 radical (unpaired) electrons. The Labute approximate surface area is 191 Å². The summed E-state index contributed by atoms with van der Waals surface area (Å²) in [6.07, 6.45) is 4.12. The zero-order chi connectivity index (χ0) is 20.0. The van der Waals surface area contributed by atoms with E-state index >= 15 is 0 Å². The molecule has 0 spiro atoms. The molecule has 1 aliphatic carbocycles. The van der Waals surface area contributed by atoms with Gasteiger partial charge >= 0.3 is 5.97 Å². The van der Waals surface area contributed by atoms with Gasteiger partial charge in [-0.2, -0.15) is 0 Å². The molecule has 162 valence electrons. The summed E-state index contributed by atoms with van der Waals surface area (Å²) in [6, 6.07) is 8.27. The van der Waals surface area contributed by atoms with Crippen molar-refractivity contribution in [2.24, 2.45) is 10.9 Å². The Morgan fingerprint density at radius 3 is 2.72 bits per heavy atom. The molecule has 1 aliphatic heterocycles. The number of esters is 1. The first-order valence-corrected chi connectivity index (χ1v) is 10.5. The van der Waals surface area contributed by atoms with Gasteiger partial charge in [0.1, 0.15) is 5.75 Å². The van der Waals surface area contributed by atoms with Crippen LogP contribution >= 0.6 is 24.0 Å². The highest BCUT2D eigenvalue weighted by Gasteiger charge is 2.46. The van der Waals surface area contributed by atoms with Crippen molar-refractivity contribution in [3.05, 3.63) is 29.8 Å². The lowest BCUT2D eigenvalue weighted by atomic mass is 9.95. The van der Waals surface area contributed by atoms with Gasteiger partial charge in [-0.05, 0) is 45.6 Å². The molecule has 1 atom stereocenters.